The number of anilines is 1. The number of sulfonamides is 1. The maximum absolute atomic E-state index is 12.8. The van der Waals surface area contributed by atoms with Crippen molar-refractivity contribution in [2.45, 2.75) is 17.4 Å². The van der Waals surface area contributed by atoms with Gasteiger partial charge in [-0.1, -0.05) is 60.7 Å². The molecule has 0 spiro atoms. The molecule has 2 N–H and O–H groups in total. The molecule has 0 aliphatic rings. The van der Waals surface area contributed by atoms with Crippen LogP contribution < -0.4 is 10.0 Å². The summed E-state index contributed by atoms with van der Waals surface area (Å²) in [5.74, 6) is -0.393. The summed E-state index contributed by atoms with van der Waals surface area (Å²) in [5, 5.41) is 4.40. The van der Waals surface area contributed by atoms with Crippen molar-refractivity contribution in [2.75, 3.05) is 4.72 Å². The second-order valence-corrected chi connectivity index (χ2v) is 9.13. The van der Waals surface area contributed by atoms with E-state index in [1.807, 2.05) is 54.6 Å². The van der Waals surface area contributed by atoms with Crippen LogP contribution in [0.5, 0.6) is 0 Å². The third-order valence-corrected chi connectivity index (χ3v) is 6.43. The molecule has 166 valence electrons. The molecule has 0 aliphatic heterocycles. The van der Waals surface area contributed by atoms with Gasteiger partial charge in [-0.3, -0.25) is 9.52 Å². The molecule has 0 bridgehead atoms. The minimum absolute atomic E-state index is 0.0796. The lowest BCUT2D eigenvalue weighted by atomic mass is 10.1. The molecule has 0 saturated carbocycles. The van der Waals surface area contributed by atoms with Crippen molar-refractivity contribution in [3.63, 3.8) is 0 Å². The smallest absolute Gasteiger partial charge is 0.263 e. The van der Waals surface area contributed by atoms with E-state index in [1.165, 1.54) is 24.4 Å². The highest BCUT2D eigenvalue weighted by Gasteiger charge is 2.17. The standard InChI is InChI=1S/C25H21N3O4S/c29-17-22(14-18-6-2-1-3-7-18)27-25(30)21-11-13-24(26-16-21)28-33(31,32)23-12-10-19-8-4-5-9-20(19)15-23/h1-13,15-17,22H,14H2,(H,26,28)(H,27,30)/t22-/m0/s1. The number of carbonyl (C=O) groups excluding carboxylic acids is 2. The highest BCUT2D eigenvalue weighted by Crippen LogP contribution is 2.21. The first-order valence-corrected chi connectivity index (χ1v) is 11.7. The maximum Gasteiger partial charge on any atom is 0.263 e. The summed E-state index contributed by atoms with van der Waals surface area (Å²) in [6, 6.07) is 23.8. The fourth-order valence-electron chi connectivity index (χ4n) is 3.37. The Bertz CT molecular complexity index is 1390. The number of amides is 1. The first-order valence-electron chi connectivity index (χ1n) is 10.2. The number of hydrogen-bond donors (Lipinski definition) is 2. The topological polar surface area (TPSA) is 105 Å². The Morgan fingerprint density at radius 3 is 2.33 bits per heavy atom. The zero-order chi connectivity index (χ0) is 23.3. The minimum atomic E-state index is -3.85. The van der Waals surface area contributed by atoms with Crippen LogP contribution in [-0.2, 0) is 21.2 Å². The van der Waals surface area contributed by atoms with E-state index in [0.717, 1.165) is 16.3 Å². The van der Waals surface area contributed by atoms with E-state index in [4.69, 9.17) is 0 Å². The molecule has 7 nitrogen and oxygen atoms in total. The number of hydrogen-bond acceptors (Lipinski definition) is 5. The fraction of sp³-hybridized carbons (Fsp3) is 0.0800. The van der Waals surface area contributed by atoms with Gasteiger partial charge in [0, 0.05) is 6.20 Å². The normalized spacial score (nSPS) is 12.1. The molecule has 33 heavy (non-hydrogen) atoms. The fourth-order valence-corrected chi connectivity index (χ4v) is 4.42. The van der Waals surface area contributed by atoms with Crippen LogP contribution in [0.1, 0.15) is 15.9 Å². The summed E-state index contributed by atoms with van der Waals surface area (Å²) < 4.78 is 27.9. The molecule has 0 aliphatic carbocycles. The third kappa shape index (κ3) is 5.42. The van der Waals surface area contributed by atoms with Crippen LogP contribution in [0.3, 0.4) is 0 Å². The average Bonchev–Trinajstić information content (AvgIpc) is 2.84. The second kappa shape index (κ2) is 9.62. The number of fused-ring (bicyclic) bond motifs is 1. The van der Waals surface area contributed by atoms with Crippen LogP contribution in [0, 0.1) is 0 Å². The van der Waals surface area contributed by atoms with Gasteiger partial charge in [0.2, 0.25) is 0 Å². The Morgan fingerprint density at radius 1 is 0.909 bits per heavy atom. The number of benzene rings is 3. The van der Waals surface area contributed by atoms with Gasteiger partial charge in [0.1, 0.15) is 12.1 Å². The van der Waals surface area contributed by atoms with E-state index in [-0.39, 0.29) is 16.3 Å². The Morgan fingerprint density at radius 2 is 1.64 bits per heavy atom. The van der Waals surface area contributed by atoms with Gasteiger partial charge in [-0.05, 0) is 47.0 Å². The van der Waals surface area contributed by atoms with E-state index in [0.29, 0.717) is 12.7 Å². The van der Waals surface area contributed by atoms with Crippen LogP contribution in [-0.4, -0.2) is 31.6 Å². The van der Waals surface area contributed by atoms with Gasteiger partial charge < -0.3 is 10.1 Å². The number of carbonyl (C=O) groups is 2. The molecule has 1 aromatic heterocycles. The number of aromatic nitrogens is 1. The Labute approximate surface area is 191 Å². The van der Waals surface area contributed by atoms with Crippen molar-refractivity contribution in [1.29, 1.82) is 0 Å². The van der Waals surface area contributed by atoms with E-state index in [2.05, 4.69) is 15.0 Å². The molecule has 0 saturated heterocycles. The van der Waals surface area contributed by atoms with Crippen LogP contribution in [0.15, 0.2) is 96.0 Å². The summed E-state index contributed by atoms with van der Waals surface area (Å²) in [7, 11) is -3.85. The van der Waals surface area contributed by atoms with Crippen LogP contribution in [0.2, 0.25) is 0 Å². The maximum atomic E-state index is 12.8. The van der Waals surface area contributed by atoms with Crippen LogP contribution >= 0.6 is 0 Å². The van der Waals surface area contributed by atoms with Gasteiger partial charge in [0.25, 0.3) is 15.9 Å². The van der Waals surface area contributed by atoms with Crippen molar-refractivity contribution in [3.05, 3.63) is 102 Å². The lowest BCUT2D eigenvalue weighted by Crippen LogP contribution is -2.37. The van der Waals surface area contributed by atoms with Crippen molar-refractivity contribution >= 4 is 38.8 Å². The van der Waals surface area contributed by atoms with E-state index in [1.54, 1.807) is 12.1 Å². The van der Waals surface area contributed by atoms with E-state index in [9.17, 15) is 18.0 Å². The monoisotopic (exact) mass is 459 g/mol. The van der Waals surface area contributed by atoms with E-state index >= 15 is 0 Å². The van der Waals surface area contributed by atoms with Crippen molar-refractivity contribution < 1.29 is 18.0 Å². The quantitative estimate of drug-likeness (QED) is 0.392. The molecule has 4 aromatic rings. The molecule has 0 fully saturated rings. The van der Waals surface area contributed by atoms with Crippen molar-refractivity contribution in [1.82, 2.24) is 10.3 Å². The zero-order valence-corrected chi connectivity index (χ0v) is 18.3. The minimum Gasteiger partial charge on any atom is -0.342 e. The SMILES string of the molecule is O=C[C@H](Cc1ccccc1)NC(=O)c1ccc(NS(=O)(=O)c2ccc3ccccc3c2)nc1. The zero-order valence-electron chi connectivity index (χ0n) is 17.5. The van der Waals surface area contributed by atoms with Crippen molar-refractivity contribution in [3.8, 4) is 0 Å². The summed E-state index contributed by atoms with van der Waals surface area (Å²) in [6.07, 6.45) is 2.31. The molecule has 0 unspecified atom stereocenters. The molecule has 0 radical (unpaired) electrons. The second-order valence-electron chi connectivity index (χ2n) is 7.45. The van der Waals surface area contributed by atoms with Gasteiger partial charge >= 0.3 is 0 Å². The van der Waals surface area contributed by atoms with Crippen LogP contribution in [0.4, 0.5) is 5.82 Å². The molecule has 1 atom stereocenters. The molecule has 1 heterocycles. The van der Waals surface area contributed by atoms with E-state index < -0.39 is 22.0 Å². The summed E-state index contributed by atoms with van der Waals surface area (Å²) in [6.45, 7) is 0. The number of pyridine rings is 1. The number of nitrogens with zero attached hydrogens (tertiary/aromatic N) is 1. The summed E-state index contributed by atoms with van der Waals surface area (Å²) in [5.41, 5.74) is 1.13. The Balaban J connectivity index is 1.43. The van der Waals surface area contributed by atoms with Crippen molar-refractivity contribution in [2.24, 2.45) is 0 Å². The van der Waals surface area contributed by atoms with Crippen LogP contribution in [0.25, 0.3) is 10.8 Å². The molecular formula is C25H21N3O4S. The first kappa shape index (κ1) is 22.2. The number of rotatable bonds is 8. The van der Waals surface area contributed by atoms with Gasteiger partial charge in [-0.15, -0.1) is 0 Å². The molecule has 8 heteroatoms. The summed E-state index contributed by atoms with van der Waals surface area (Å²) in [4.78, 5) is 28.1. The van der Waals surface area contributed by atoms with Gasteiger partial charge in [0.15, 0.2) is 0 Å². The summed E-state index contributed by atoms with van der Waals surface area (Å²) >= 11 is 0. The third-order valence-electron chi connectivity index (χ3n) is 5.08. The molecule has 4 rings (SSSR count). The van der Waals surface area contributed by atoms with Gasteiger partial charge in [-0.25, -0.2) is 13.4 Å². The molecular weight excluding hydrogens is 438 g/mol. The average molecular weight is 460 g/mol. The number of nitrogens with one attached hydrogen (secondary N) is 2. The highest BCUT2D eigenvalue weighted by molar-refractivity contribution is 7.92. The van der Waals surface area contributed by atoms with Gasteiger partial charge in [-0.2, -0.15) is 0 Å². The Kier molecular flexibility index (Phi) is 6.46. The first-order chi connectivity index (χ1) is 15.9. The highest BCUT2D eigenvalue weighted by atomic mass is 32.2. The van der Waals surface area contributed by atoms with Gasteiger partial charge in [0.05, 0.1) is 16.5 Å². The lowest BCUT2D eigenvalue weighted by Gasteiger charge is -2.13. The predicted molar refractivity (Wildman–Crippen MR) is 126 cm³/mol. The molecule has 1 amide bonds. The number of aldehydes is 1. The Hall–Kier alpha value is -4.04. The predicted octanol–water partition coefficient (Wildman–Crippen LogP) is 3.58. The largest absolute Gasteiger partial charge is 0.342 e. The lowest BCUT2D eigenvalue weighted by molar-refractivity contribution is -0.109. The molecule has 3 aromatic carbocycles.